The van der Waals surface area contributed by atoms with Crippen LogP contribution >= 0.6 is 22.6 Å². The average Bonchev–Trinajstić information content (AvgIpc) is 2.41. The predicted molar refractivity (Wildman–Crippen MR) is 54.2 cm³/mol. The van der Waals surface area contributed by atoms with Gasteiger partial charge in [0.1, 0.15) is 6.10 Å². The van der Waals surface area contributed by atoms with Crippen molar-refractivity contribution >= 4 is 28.6 Å². The minimum Gasteiger partial charge on any atom is -0.461 e. The summed E-state index contributed by atoms with van der Waals surface area (Å²) in [7, 11) is 0. The third kappa shape index (κ3) is 1.36. The lowest BCUT2D eigenvalue weighted by atomic mass is 9.78. The van der Waals surface area contributed by atoms with Gasteiger partial charge in [-0.2, -0.15) is 0 Å². The molecule has 2 rings (SSSR count). The fraction of sp³-hybridized carbons (Fsp3) is 0.889. The van der Waals surface area contributed by atoms with E-state index in [4.69, 9.17) is 4.74 Å². The minimum atomic E-state index is 0.0143. The Balaban J connectivity index is 2.14. The molecule has 0 amide bonds. The number of fused-ring (bicyclic) bond motifs is 1. The molecule has 3 unspecified atom stereocenters. The summed E-state index contributed by atoms with van der Waals surface area (Å²) < 4.78 is 5.85. The van der Waals surface area contributed by atoms with Crippen LogP contribution in [0.5, 0.6) is 0 Å². The third-order valence-electron chi connectivity index (χ3n) is 3.08. The number of esters is 1. The Kier molecular flexibility index (Phi) is 2.31. The monoisotopic (exact) mass is 280 g/mol. The Hall–Kier alpha value is 0.200. The van der Waals surface area contributed by atoms with E-state index < -0.39 is 0 Å². The lowest BCUT2D eigenvalue weighted by Crippen LogP contribution is -2.35. The first kappa shape index (κ1) is 8.78. The molecule has 0 radical (unpaired) electrons. The minimum absolute atomic E-state index is 0.0143. The molecular weight excluding hydrogens is 267 g/mol. The molecule has 2 nitrogen and oxygen atoms in total. The Bertz CT molecular complexity index is 185. The van der Waals surface area contributed by atoms with E-state index in [1.807, 2.05) is 0 Å². The Morgan fingerprint density at radius 1 is 1.50 bits per heavy atom. The zero-order chi connectivity index (χ0) is 8.72. The summed E-state index contributed by atoms with van der Waals surface area (Å²) in [5.74, 6) is 1.20. The van der Waals surface area contributed by atoms with Gasteiger partial charge in [0, 0.05) is 9.84 Å². The number of rotatable bonds is 0. The van der Waals surface area contributed by atoms with Gasteiger partial charge in [0.25, 0.3) is 0 Å². The molecule has 1 saturated carbocycles. The summed E-state index contributed by atoms with van der Waals surface area (Å²) in [6, 6.07) is 0. The SMILES string of the molecule is CC1CC[C@H](I)C2OC(=O)CC12. The molecule has 4 atom stereocenters. The van der Waals surface area contributed by atoms with Gasteiger partial charge in [-0.25, -0.2) is 0 Å². The lowest BCUT2D eigenvalue weighted by Gasteiger charge is -2.32. The van der Waals surface area contributed by atoms with Gasteiger partial charge in [-0.05, 0) is 18.8 Å². The van der Waals surface area contributed by atoms with Crippen LogP contribution in [0.1, 0.15) is 26.2 Å². The number of hydrogen-bond donors (Lipinski definition) is 0. The largest absolute Gasteiger partial charge is 0.461 e. The molecule has 1 saturated heterocycles. The molecule has 0 N–H and O–H groups in total. The summed E-state index contributed by atoms with van der Waals surface area (Å²) in [6.07, 6.45) is 3.34. The zero-order valence-electron chi connectivity index (χ0n) is 7.13. The normalized spacial score (nSPS) is 47.0. The van der Waals surface area contributed by atoms with E-state index in [9.17, 15) is 4.79 Å². The molecule has 0 aromatic heterocycles. The number of ether oxygens (including phenoxy) is 1. The van der Waals surface area contributed by atoms with Gasteiger partial charge in [0.05, 0.1) is 6.42 Å². The first-order valence-corrected chi connectivity index (χ1v) is 5.76. The first-order chi connectivity index (χ1) is 5.68. The average molecular weight is 280 g/mol. The maximum atomic E-state index is 11.1. The van der Waals surface area contributed by atoms with Crippen LogP contribution in [0.4, 0.5) is 0 Å². The van der Waals surface area contributed by atoms with E-state index in [-0.39, 0.29) is 12.1 Å². The molecule has 2 fully saturated rings. The molecule has 3 heteroatoms. The van der Waals surface area contributed by atoms with E-state index in [1.165, 1.54) is 12.8 Å². The summed E-state index contributed by atoms with van der Waals surface area (Å²) in [5, 5.41) is 0. The highest BCUT2D eigenvalue weighted by Gasteiger charge is 2.44. The molecule has 0 aromatic rings. The van der Waals surface area contributed by atoms with Crippen LogP contribution in [0.3, 0.4) is 0 Å². The number of halogens is 1. The number of hydrogen-bond acceptors (Lipinski definition) is 2. The second-order valence-electron chi connectivity index (χ2n) is 3.89. The molecule has 1 aliphatic heterocycles. The van der Waals surface area contributed by atoms with Crippen molar-refractivity contribution in [1.29, 1.82) is 0 Å². The third-order valence-corrected chi connectivity index (χ3v) is 4.41. The molecule has 1 aliphatic carbocycles. The van der Waals surface area contributed by atoms with Crippen LogP contribution in [-0.4, -0.2) is 16.0 Å². The van der Waals surface area contributed by atoms with Gasteiger partial charge in [-0.15, -0.1) is 0 Å². The first-order valence-electron chi connectivity index (χ1n) is 4.52. The van der Waals surface area contributed by atoms with Crippen molar-refractivity contribution < 1.29 is 9.53 Å². The fourth-order valence-corrected chi connectivity index (χ4v) is 3.30. The van der Waals surface area contributed by atoms with Crippen LogP contribution in [0.25, 0.3) is 0 Å². The Morgan fingerprint density at radius 2 is 2.25 bits per heavy atom. The fourth-order valence-electron chi connectivity index (χ4n) is 2.26. The maximum Gasteiger partial charge on any atom is 0.306 e. The molecule has 1 heterocycles. The topological polar surface area (TPSA) is 26.3 Å². The lowest BCUT2D eigenvalue weighted by molar-refractivity contribution is -0.141. The molecule has 2 aliphatic rings. The number of carbonyl (C=O) groups excluding carboxylic acids is 1. The maximum absolute atomic E-state index is 11.1. The number of alkyl halides is 1. The van der Waals surface area contributed by atoms with Crippen LogP contribution in [-0.2, 0) is 9.53 Å². The van der Waals surface area contributed by atoms with Crippen LogP contribution < -0.4 is 0 Å². The molecular formula is C9H13IO2. The van der Waals surface area contributed by atoms with Gasteiger partial charge in [0.15, 0.2) is 0 Å². The van der Waals surface area contributed by atoms with Crippen molar-refractivity contribution in [3.05, 3.63) is 0 Å². The van der Waals surface area contributed by atoms with Crippen molar-refractivity contribution in [2.24, 2.45) is 11.8 Å². The standard InChI is InChI=1S/C9H13IO2/c1-5-2-3-7(10)9-6(5)4-8(11)12-9/h5-7,9H,2-4H2,1H3/t5?,6?,7-,9?/m0/s1. The van der Waals surface area contributed by atoms with Gasteiger partial charge < -0.3 is 4.74 Å². The highest BCUT2D eigenvalue weighted by molar-refractivity contribution is 14.1. The quantitative estimate of drug-likeness (QED) is 0.386. The van der Waals surface area contributed by atoms with E-state index in [1.54, 1.807) is 0 Å². The molecule has 68 valence electrons. The van der Waals surface area contributed by atoms with Gasteiger partial charge in [-0.3, -0.25) is 4.79 Å². The van der Waals surface area contributed by atoms with E-state index in [0.717, 1.165) is 0 Å². The summed E-state index contributed by atoms with van der Waals surface area (Å²) in [4.78, 5) is 11.1. The summed E-state index contributed by atoms with van der Waals surface area (Å²) in [5.41, 5.74) is 0. The second-order valence-corrected chi connectivity index (χ2v) is 5.49. The van der Waals surface area contributed by atoms with E-state index in [2.05, 4.69) is 29.5 Å². The number of carbonyl (C=O) groups is 1. The Labute approximate surface area is 86.2 Å². The predicted octanol–water partition coefficient (Wildman–Crippen LogP) is 2.15. The van der Waals surface area contributed by atoms with Crippen molar-refractivity contribution in [1.82, 2.24) is 0 Å². The highest BCUT2D eigenvalue weighted by Crippen LogP contribution is 2.41. The molecule has 12 heavy (non-hydrogen) atoms. The van der Waals surface area contributed by atoms with E-state index in [0.29, 0.717) is 22.2 Å². The van der Waals surface area contributed by atoms with E-state index >= 15 is 0 Å². The van der Waals surface area contributed by atoms with Crippen LogP contribution in [0, 0.1) is 11.8 Å². The van der Waals surface area contributed by atoms with Gasteiger partial charge in [-0.1, -0.05) is 29.5 Å². The smallest absolute Gasteiger partial charge is 0.306 e. The molecule has 0 spiro atoms. The van der Waals surface area contributed by atoms with Gasteiger partial charge >= 0.3 is 5.97 Å². The summed E-state index contributed by atoms with van der Waals surface area (Å²) in [6.45, 7) is 2.24. The van der Waals surface area contributed by atoms with Crippen molar-refractivity contribution in [2.75, 3.05) is 0 Å². The zero-order valence-corrected chi connectivity index (χ0v) is 9.28. The van der Waals surface area contributed by atoms with Crippen molar-refractivity contribution in [2.45, 2.75) is 36.2 Å². The van der Waals surface area contributed by atoms with Crippen LogP contribution in [0.15, 0.2) is 0 Å². The van der Waals surface area contributed by atoms with Crippen molar-refractivity contribution in [3.63, 3.8) is 0 Å². The van der Waals surface area contributed by atoms with Gasteiger partial charge in [0.2, 0.25) is 0 Å². The Morgan fingerprint density at radius 3 is 2.92 bits per heavy atom. The molecule has 0 aromatic carbocycles. The molecule has 0 bridgehead atoms. The second kappa shape index (κ2) is 3.16. The summed E-state index contributed by atoms with van der Waals surface area (Å²) >= 11 is 2.42. The van der Waals surface area contributed by atoms with Crippen molar-refractivity contribution in [3.8, 4) is 0 Å². The van der Waals surface area contributed by atoms with Crippen LogP contribution in [0.2, 0.25) is 0 Å². The highest BCUT2D eigenvalue weighted by atomic mass is 127.